The van der Waals surface area contributed by atoms with Crippen LogP contribution in [-0.2, 0) is 13.0 Å². The molecule has 2 aromatic heterocycles. The first-order valence-electron chi connectivity index (χ1n) is 10.8. The van der Waals surface area contributed by atoms with Gasteiger partial charge in [0, 0.05) is 0 Å². The first kappa shape index (κ1) is 23.4. The SMILES string of the molecule is CCCc1c(C(=O)N/N=C/c2ccc(OCc3ccccc3)c(OC)c2)nnn1-c1nonc1N. The molecule has 2 heterocycles. The molecule has 4 aromatic rings. The maximum atomic E-state index is 12.7. The van der Waals surface area contributed by atoms with Gasteiger partial charge in [0.25, 0.3) is 5.91 Å². The predicted molar refractivity (Wildman–Crippen MR) is 126 cm³/mol. The van der Waals surface area contributed by atoms with Crippen molar-refractivity contribution in [1.29, 1.82) is 0 Å². The maximum absolute atomic E-state index is 12.7. The molecule has 1 amide bonds. The van der Waals surface area contributed by atoms with E-state index in [9.17, 15) is 4.79 Å². The number of rotatable bonds is 10. The minimum absolute atomic E-state index is 0.0439. The third-order valence-corrected chi connectivity index (χ3v) is 4.97. The molecule has 0 aliphatic heterocycles. The van der Waals surface area contributed by atoms with Crippen LogP contribution in [-0.4, -0.2) is 44.5 Å². The van der Waals surface area contributed by atoms with E-state index in [0.717, 1.165) is 12.0 Å². The van der Waals surface area contributed by atoms with Crippen LogP contribution in [0.2, 0.25) is 0 Å². The number of hydrogen-bond acceptors (Lipinski definition) is 10. The van der Waals surface area contributed by atoms with Gasteiger partial charge in [-0.2, -0.15) is 9.78 Å². The van der Waals surface area contributed by atoms with Crippen molar-refractivity contribution in [3.63, 3.8) is 0 Å². The van der Waals surface area contributed by atoms with E-state index in [-0.39, 0.29) is 17.3 Å². The number of aromatic nitrogens is 5. The zero-order chi connectivity index (χ0) is 24.6. The van der Waals surface area contributed by atoms with E-state index in [4.69, 9.17) is 15.2 Å². The standard InChI is InChI=1S/C23H24N8O4/c1-3-7-17-20(26-30-31(17)22-21(24)28-35-29-22)23(32)27-25-13-16-10-11-18(19(12-16)33-2)34-14-15-8-5-4-6-9-15/h4-6,8-13H,3,7,14H2,1-2H3,(H2,24,28)(H,27,32)/b25-13+. The molecule has 12 nitrogen and oxygen atoms in total. The van der Waals surface area contributed by atoms with Crippen LogP contribution in [0.3, 0.4) is 0 Å². The van der Waals surface area contributed by atoms with Crippen molar-refractivity contribution in [2.24, 2.45) is 5.10 Å². The van der Waals surface area contributed by atoms with Crippen LogP contribution in [0.5, 0.6) is 11.5 Å². The lowest BCUT2D eigenvalue weighted by Gasteiger charge is -2.11. The summed E-state index contributed by atoms with van der Waals surface area (Å²) in [6.07, 6.45) is 2.73. The summed E-state index contributed by atoms with van der Waals surface area (Å²) < 4.78 is 17.3. The van der Waals surface area contributed by atoms with Crippen LogP contribution in [0.15, 0.2) is 58.3 Å². The number of hydrazone groups is 1. The lowest BCUT2D eigenvalue weighted by atomic mass is 10.2. The number of carbonyl (C=O) groups excluding carboxylic acids is 1. The number of amides is 1. The quantitative estimate of drug-likeness (QED) is 0.259. The molecule has 0 bridgehead atoms. The number of carbonyl (C=O) groups is 1. The van der Waals surface area contributed by atoms with Gasteiger partial charge in [0.05, 0.1) is 19.0 Å². The minimum Gasteiger partial charge on any atom is -0.493 e. The fraction of sp³-hybridized carbons (Fsp3) is 0.217. The molecule has 4 rings (SSSR count). The predicted octanol–water partition coefficient (Wildman–Crippen LogP) is 2.54. The van der Waals surface area contributed by atoms with E-state index in [1.54, 1.807) is 25.3 Å². The second-order valence-electron chi connectivity index (χ2n) is 7.40. The molecule has 12 heteroatoms. The summed E-state index contributed by atoms with van der Waals surface area (Å²) in [5.41, 5.74) is 10.6. The van der Waals surface area contributed by atoms with E-state index < -0.39 is 5.91 Å². The summed E-state index contributed by atoms with van der Waals surface area (Å²) >= 11 is 0. The molecular weight excluding hydrogens is 452 g/mol. The second-order valence-corrected chi connectivity index (χ2v) is 7.40. The monoisotopic (exact) mass is 476 g/mol. The van der Waals surface area contributed by atoms with E-state index in [2.05, 4.69) is 35.8 Å². The van der Waals surface area contributed by atoms with Gasteiger partial charge in [-0.3, -0.25) is 4.79 Å². The largest absolute Gasteiger partial charge is 0.493 e. The number of benzene rings is 2. The Labute approximate surface area is 200 Å². The third kappa shape index (κ3) is 5.43. The van der Waals surface area contributed by atoms with Crippen molar-refractivity contribution < 1.29 is 18.9 Å². The molecule has 0 aliphatic rings. The van der Waals surface area contributed by atoms with Crippen molar-refractivity contribution in [3.05, 3.63) is 71.0 Å². The van der Waals surface area contributed by atoms with Crippen molar-refractivity contribution in [1.82, 2.24) is 30.7 Å². The number of nitrogens with two attached hydrogens (primary N) is 1. The number of methoxy groups -OCH3 is 1. The zero-order valence-corrected chi connectivity index (χ0v) is 19.2. The first-order valence-corrected chi connectivity index (χ1v) is 10.8. The molecule has 180 valence electrons. The van der Waals surface area contributed by atoms with Crippen LogP contribution in [0.25, 0.3) is 5.82 Å². The smallest absolute Gasteiger partial charge is 0.293 e. The fourth-order valence-electron chi connectivity index (χ4n) is 3.28. The van der Waals surface area contributed by atoms with Gasteiger partial charge in [0.15, 0.2) is 17.2 Å². The highest BCUT2D eigenvalue weighted by molar-refractivity contribution is 5.94. The highest BCUT2D eigenvalue weighted by Crippen LogP contribution is 2.28. The van der Waals surface area contributed by atoms with Crippen LogP contribution in [0, 0.1) is 0 Å². The zero-order valence-electron chi connectivity index (χ0n) is 19.2. The van der Waals surface area contributed by atoms with Crippen molar-refractivity contribution in [3.8, 4) is 17.3 Å². The van der Waals surface area contributed by atoms with Crippen molar-refractivity contribution in [2.75, 3.05) is 12.8 Å². The number of anilines is 1. The maximum Gasteiger partial charge on any atom is 0.293 e. The van der Waals surface area contributed by atoms with E-state index in [1.165, 1.54) is 10.9 Å². The molecule has 3 N–H and O–H groups in total. The number of nitrogens with zero attached hydrogens (tertiary/aromatic N) is 6. The molecule has 0 saturated heterocycles. The van der Waals surface area contributed by atoms with Gasteiger partial charge in [0.1, 0.15) is 6.61 Å². The second kappa shape index (κ2) is 10.9. The van der Waals surface area contributed by atoms with Gasteiger partial charge in [-0.15, -0.1) is 5.10 Å². The normalized spacial score (nSPS) is 11.0. The highest BCUT2D eigenvalue weighted by Gasteiger charge is 2.23. The van der Waals surface area contributed by atoms with Gasteiger partial charge >= 0.3 is 0 Å². The Morgan fingerprint density at radius 3 is 2.74 bits per heavy atom. The Morgan fingerprint density at radius 1 is 1.20 bits per heavy atom. The van der Waals surface area contributed by atoms with Crippen LogP contribution >= 0.6 is 0 Å². The molecule has 0 atom stereocenters. The molecule has 0 aliphatic carbocycles. The summed E-state index contributed by atoms with van der Waals surface area (Å²) in [6, 6.07) is 15.2. The number of ether oxygens (including phenoxy) is 2. The van der Waals surface area contributed by atoms with E-state index >= 15 is 0 Å². The van der Waals surface area contributed by atoms with Gasteiger partial charge in [-0.05, 0) is 46.1 Å². The number of nitrogens with one attached hydrogen (secondary N) is 1. The molecule has 0 spiro atoms. The number of hydrogen-bond donors (Lipinski definition) is 2. The molecule has 0 unspecified atom stereocenters. The lowest BCUT2D eigenvalue weighted by Crippen LogP contribution is -2.20. The van der Waals surface area contributed by atoms with Gasteiger partial charge in [0.2, 0.25) is 11.6 Å². The molecule has 0 saturated carbocycles. The fourth-order valence-corrected chi connectivity index (χ4v) is 3.28. The van der Waals surface area contributed by atoms with Crippen molar-refractivity contribution >= 4 is 17.9 Å². The molecule has 2 aromatic carbocycles. The van der Waals surface area contributed by atoms with E-state index in [1.807, 2.05) is 37.3 Å². The molecule has 0 radical (unpaired) electrons. The van der Waals surface area contributed by atoms with Gasteiger partial charge < -0.3 is 15.2 Å². The van der Waals surface area contributed by atoms with Crippen LogP contribution < -0.4 is 20.6 Å². The summed E-state index contributed by atoms with van der Waals surface area (Å²) in [7, 11) is 1.56. The van der Waals surface area contributed by atoms with Gasteiger partial charge in [-0.25, -0.2) is 10.1 Å². The third-order valence-electron chi connectivity index (χ3n) is 4.97. The Morgan fingerprint density at radius 2 is 2.03 bits per heavy atom. The average Bonchev–Trinajstić information content (AvgIpc) is 3.49. The Hall–Kier alpha value is -4.74. The molecule has 0 fully saturated rings. The Balaban J connectivity index is 1.44. The van der Waals surface area contributed by atoms with E-state index in [0.29, 0.717) is 35.8 Å². The number of nitrogen functional groups attached to an aromatic ring is 1. The topological polar surface area (TPSA) is 156 Å². The summed E-state index contributed by atoms with van der Waals surface area (Å²) in [5, 5.41) is 19.2. The molecule has 35 heavy (non-hydrogen) atoms. The average molecular weight is 476 g/mol. The van der Waals surface area contributed by atoms with Crippen LogP contribution in [0.4, 0.5) is 5.82 Å². The Kier molecular flexibility index (Phi) is 7.31. The van der Waals surface area contributed by atoms with Crippen LogP contribution in [0.1, 0.15) is 40.7 Å². The first-order chi connectivity index (χ1) is 17.1. The lowest BCUT2D eigenvalue weighted by molar-refractivity contribution is 0.0949. The van der Waals surface area contributed by atoms with Crippen molar-refractivity contribution in [2.45, 2.75) is 26.4 Å². The summed E-state index contributed by atoms with van der Waals surface area (Å²) in [6.45, 7) is 2.37. The molecular formula is C23H24N8O4. The summed E-state index contributed by atoms with van der Waals surface area (Å²) in [5.74, 6) is 0.830. The summed E-state index contributed by atoms with van der Waals surface area (Å²) in [4.78, 5) is 12.7. The highest BCUT2D eigenvalue weighted by atomic mass is 16.6. The Bertz CT molecular complexity index is 1320. The van der Waals surface area contributed by atoms with Gasteiger partial charge in [-0.1, -0.05) is 48.9 Å². The minimum atomic E-state index is -0.527.